The zero-order chi connectivity index (χ0) is 14.5. The molecule has 0 fully saturated rings. The fourth-order valence-electron chi connectivity index (χ4n) is 1.16. The number of hydrogen-bond acceptors (Lipinski definition) is 6. The second-order valence-corrected chi connectivity index (χ2v) is 5.30. The summed E-state index contributed by atoms with van der Waals surface area (Å²) in [6.07, 6.45) is 1.26. The second kappa shape index (κ2) is 6.25. The van der Waals surface area contributed by atoms with Crippen LogP contribution >= 0.6 is 0 Å². The smallest absolute Gasteiger partial charge is 0.335 e. The second-order valence-electron chi connectivity index (χ2n) is 3.50. The Kier molecular flexibility index (Phi) is 4.95. The number of nitrogens with zero attached hydrogens (tertiary/aromatic N) is 1. The van der Waals surface area contributed by atoms with E-state index in [1.807, 2.05) is 0 Å². The third kappa shape index (κ3) is 5.02. The molecule has 0 amide bonds. The van der Waals surface area contributed by atoms with Gasteiger partial charge in [-0.3, -0.25) is 9.78 Å². The number of ether oxygens (including phenoxy) is 1. The van der Waals surface area contributed by atoms with E-state index in [4.69, 9.17) is 5.11 Å². The maximum atomic E-state index is 11.4. The van der Waals surface area contributed by atoms with Crippen molar-refractivity contribution in [2.45, 2.75) is 6.54 Å². The molecule has 8 nitrogen and oxygen atoms in total. The van der Waals surface area contributed by atoms with E-state index in [1.165, 1.54) is 18.3 Å². The molecule has 0 aliphatic heterocycles. The lowest BCUT2D eigenvalue weighted by molar-refractivity contribution is -0.137. The van der Waals surface area contributed by atoms with Gasteiger partial charge in [-0.15, -0.1) is 0 Å². The number of carboxylic acids is 1. The van der Waals surface area contributed by atoms with Crippen molar-refractivity contribution < 1.29 is 27.9 Å². The van der Waals surface area contributed by atoms with E-state index in [9.17, 15) is 18.0 Å². The minimum Gasteiger partial charge on any atom is -0.478 e. The van der Waals surface area contributed by atoms with Crippen LogP contribution in [0.3, 0.4) is 0 Å². The van der Waals surface area contributed by atoms with Gasteiger partial charge >= 0.3 is 11.9 Å². The monoisotopic (exact) mass is 288 g/mol. The quantitative estimate of drug-likeness (QED) is 0.668. The van der Waals surface area contributed by atoms with Crippen molar-refractivity contribution in [2.75, 3.05) is 12.9 Å². The Bertz CT molecular complexity index is 583. The SMILES string of the molecule is COC(=O)CS(=O)(=O)NCc1cc(C(=O)O)ccn1. The Morgan fingerprint density at radius 1 is 1.47 bits per heavy atom. The van der Waals surface area contributed by atoms with Crippen LogP contribution < -0.4 is 4.72 Å². The van der Waals surface area contributed by atoms with E-state index in [0.29, 0.717) is 0 Å². The van der Waals surface area contributed by atoms with Crippen molar-refractivity contribution in [1.29, 1.82) is 0 Å². The average molecular weight is 288 g/mol. The molecule has 0 bridgehead atoms. The lowest BCUT2D eigenvalue weighted by Crippen LogP contribution is -2.30. The number of sulfonamides is 1. The topological polar surface area (TPSA) is 123 Å². The number of carboxylic acid groups (broad SMARTS) is 1. The highest BCUT2D eigenvalue weighted by molar-refractivity contribution is 7.90. The molecule has 0 unspecified atom stereocenters. The van der Waals surface area contributed by atoms with Gasteiger partial charge in [0, 0.05) is 6.20 Å². The third-order valence-corrected chi connectivity index (χ3v) is 3.27. The zero-order valence-corrected chi connectivity index (χ0v) is 10.8. The van der Waals surface area contributed by atoms with E-state index < -0.39 is 27.7 Å². The lowest BCUT2D eigenvalue weighted by atomic mass is 10.2. The minimum atomic E-state index is -3.84. The molecule has 0 saturated heterocycles. The number of carbonyl (C=O) groups excluding carboxylic acids is 1. The molecular formula is C10H12N2O6S. The summed E-state index contributed by atoms with van der Waals surface area (Å²) in [5, 5.41) is 8.76. The van der Waals surface area contributed by atoms with Crippen molar-refractivity contribution in [2.24, 2.45) is 0 Å². The molecule has 104 valence electrons. The molecule has 1 aromatic rings. The maximum absolute atomic E-state index is 11.4. The van der Waals surface area contributed by atoms with Crippen molar-refractivity contribution in [3.63, 3.8) is 0 Å². The van der Waals surface area contributed by atoms with Crippen LogP contribution in [0.25, 0.3) is 0 Å². The summed E-state index contributed by atoms with van der Waals surface area (Å²) in [6.45, 7) is -0.208. The summed E-state index contributed by atoms with van der Waals surface area (Å²) in [5.74, 6) is -2.83. The van der Waals surface area contributed by atoms with Crippen LogP contribution in [-0.2, 0) is 26.1 Å². The van der Waals surface area contributed by atoms with Crippen LogP contribution in [0.4, 0.5) is 0 Å². The third-order valence-electron chi connectivity index (χ3n) is 2.07. The van der Waals surface area contributed by atoms with E-state index in [2.05, 4.69) is 14.4 Å². The highest BCUT2D eigenvalue weighted by Gasteiger charge is 2.16. The molecule has 0 spiro atoms. The molecule has 0 atom stereocenters. The highest BCUT2D eigenvalue weighted by atomic mass is 32.2. The van der Waals surface area contributed by atoms with Crippen LogP contribution in [0.2, 0.25) is 0 Å². The van der Waals surface area contributed by atoms with Gasteiger partial charge in [0.05, 0.1) is 24.9 Å². The molecule has 0 radical (unpaired) electrons. The number of methoxy groups -OCH3 is 1. The molecule has 9 heteroatoms. The number of carbonyl (C=O) groups is 2. The van der Waals surface area contributed by atoms with Crippen LogP contribution in [0.15, 0.2) is 18.3 Å². The lowest BCUT2D eigenvalue weighted by Gasteiger charge is -2.05. The molecule has 2 N–H and O–H groups in total. The molecule has 0 aliphatic carbocycles. The van der Waals surface area contributed by atoms with Gasteiger partial charge in [-0.25, -0.2) is 17.9 Å². The zero-order valence-electron chi connectivity index (χ0n) is 9.99. The fraction of sp³-hybridized carbons (Fsp3) is 0.300. The van der Waals surface area contributed by atoms with Gasteiger partial charge in [0.15, 0.2) is 5.75 Å². The van der Waals surface area contributed by atoms with E-state index >= 15 is 0 Å². The van der Waals surface area contributed by atoms with E-state index in [-0.39, 0.29) is 17.8 Å². The fourth-order valence-corrected chi connectivity index (χ4v) is 2.05. The van der Waals surface area contributed by atoms with Crippen LogP contribution in [0.1, 0.15) is 16.1 Å². The maximum Gasteiger partial charge on any atom is 0.335 e. The van der Waals surface area contributed by atoms with Crippen molar-refractivity contribution in [1.82, 2.24) is 9.71 Å². The highest BCUT2D eigenvalue weighted by Crippen LogP contribution is 2.02. The summed E-state index contributed by atoms with van der Waals surface area (Å²) in [7, 11) is -2.76. The molecule has 0 saturated carbocycles. The Hall–Kier alpha value is -2.00. The predicted molar refractivity (Wildman–Crippen MR) is 63.8 cm³/mol. The van der Waals surface area contributed by atoms with Crippen LogP contribution in [-0.4, -0.2) is 43.3 Å². The average Bonchev–Trinajstić information content (AvgIpc) is 2.36. The number of pyridine rings is 1. The normalized spacial score (nSPS) is 11.0. The minimum absolute atomic E-state index is 0.00262. The Morgan fingerprint density at radius 2 is 2.16 bits per heavy atom. The van der Waals surface area contributed by atoms with Gasteiger partial charge < -0.3 is 9.84 Å². The van der Waals surface area contributed by atoms with Gasteiger partial charge in [0.25, 0.3) is 0 Å². The first kappa shape index (κ1) is 15.1. The summed E-state index contributed by atoms with van der Waals surface area (Å²) in [6, 6.07) is 2.53. The van der Waals surface area contributed by atoms with Crippen molar-refractivity contribution in [3.8, 4) is 0 Å². The summed E-state index contributed by atoms with van der Waals surface area (Å²) in [4.78, 5) is 25.4. The number of aromatic carboxylic acids is 1. The molecule has 0 aromatic carbocycles. The van der Waals surface area contributed by atoms with Crippen molar-refractivity contribution in [3.05, 3.63) is 29.6 Å². The Balaban J connectivity index is 2.69. The largest absolute Gasteiger partial charge is 0.478 e. The van der Waals surface area contributed by atoms with Crippen molar-refractivity contribution >= 4 is 22.0 Å². The van der Waals surface area contributed by atoms with E-state index in [1.54, 1.807) is 0 Å². The molecule has 0 aliphatic rings. The van der Waals surface area contributed by atoms with Gasteiger partial charge in [-0.05, 0) is 12.1 Å². The van der Waals surface area contributed by atoms with Crippen LogP contribution in [0.5, 0.6) is 0 Å². The molecule has 1 heterocycles. The first-order chi connectivity index (χ1) is 8.84. The molecule has 1 aromatic heterocycles. The van der Waals surface area contributed by atoms with Gasteiger partial charge in [-0.2, -0.15) is 0 Å². The molecule has 1 rings (SSSR count). The first-order valence-electron chi connectivity index (χ1n) is 5.06. The van der Waals surface area contributed by atoms with Gasteiger partial charge in [0.2, 0.25) is 10.0 Å². The Labute approximate surface area is 109 Å². The number of aromatic nitrogens is 1. The summed E-state index contributed by atoms with van der Waals surface area (Å²) < 4.78 is 29.2. The Morgan fingerprint density at radius 3 is 2.74 bits per heavy atom. The van der Waals surface area contributed by atoms with Gasteiger partial charge in [-0.1, -0.05) is 0 Å². The summed E-state index contributed by atoms with van der Waals surface area (Å²) in [5.41, 5.74) is 0.227. The number of hydrogen-bond donors (Lipinski definition) is 2. The van der Waals surface area contributed by atoms with E-state index in [0.717, 1.165) is 7.11 Å². The van der Waals surface area contributed by atoms with Gasteiger partial charge in [0.1, 0.15) is 0 Å². The number of rotatable bonds is 6. The van der Waals surface area contributed by atoms with Crippen LogP contribution in [0, 0.1) is 0 Å². The number of nitrogens with one attached hydrogen (secondary N) is 1. The number of esters is 1. The summed E-state index contributed by atoms with van der Waals surface area (Å²) >= 11 is 0. The molecular weight excluding hydrogens is 276 g/mol. The first-order valence-corrected chi connectivity index (χ1v) is 6.71. The molecule has 19 heavy (non-hydrogen) atoms. The standard InChI is InChI=1S/C10H12N2O6S/c1-18-9(13)6-19(16,17)12-5-8-4-7(10(14)15)2-3-11-8/h2-4,12H,5-6H2,1H3,(H,14,15). The predicted octanol–water partition coefficient (Wildman–Crippen LogP) is -0.628.